The number of nitrogens with zero attached hydrogens (tertiary/aromatic N) is 2. The van der Waals surface area contributed by atoms with Gasteiger partial charge in [0, 0.05) is 12.5 Å². The number of sulfonamides is 1. The third-order valence-electron chi connectivity index (χ3n) is 3.94. The predicted molar refractivity (Wildman–Crippen MR) is 94.6 cm³/mol. The average molecular weight is 357 g/mol. The van der Waals surface area contributed by atoms with E-state index in [0.29, 0.717) is 17.3 Å². The number of nitrogens with one attached hydrogen (secondary N) is 1. The third-order valence-corrected chi connectivity index (χ3v) is 5.35. The van der Waals surface area contributed by atoms with E-state index < -0.39 is 10.0 Å². The first-order valence-electron chi connectivity index (χ1n) is 7.90. The van der Waals surface area contributed by atoms with Gasteiger partial charge in [0.1, 0.15) is 0 Å². The second-order valence-electron chi connectivity index (χ2n) is 5.64. The lowest BCUT2D eigenvalue weighted by molar-refractivity contribution is 0.532. The summed E-state index contributed by atoms with van der Waals surface area (Å²) in [5.41, 5.74) is 2.82. The monoisotopic (exact) mass is 357 g/mol. The smallest absolute Gasteiger partial charge is 0.248 e. The van der Waals surface area contributed by atoms with Crippen molar-refractivity contribution in [3.63, 3.8) is 0 Å². The predicted octanol–water partition coefficient (Wildman–Crippen LogP) is 2.74. The van der Waals surface area contributed by atoms with E-state index >= 15 is 0 Å². The molecule has 2 aromatic carbocycles. The minimum Gasteiger partial charge on any atom is -0.421 e. The molecule has 1 aromatic heterocycles. The Morgan fingerprint density at radius 3 is 2.44 bits per heavy atom. The molecule has 0 aliphatic rings. The molecule has 6 nitrogen and oxygen atoms in total. The van der Waals surface area contributed by atoms with Gasteiger partial charge in [-0.3, -0.25) is 0 Å². The van der Waals surface area contributed by atoms with Crippen molar-refractivity contribution in [2.45, 2.75) is 24.7 Å². The van der Waals surface area contributed by atoms with Gasteiger partial charge in [-0.1, -0.05) is 36.4 Å². The highest BCUT2D eigenvalue weighted by molar-refractivity contribution is 7.89. The maximum Gasteiger partial charge on any atom is 0.248 e. The first-order valence-corrected chi connectivity index (χ1v) is 9.39. The summed E-state index contributed by atoms with van der Waals surface area (Å²) < 4.78 is 32.1. The topological polar surface area (TPSA) is 85.1 Å². The Hall–Kier alpha value is -2.51. The summed E-state index contributed by atoms with van der Waals surface area (Å²) in [6.07, 6.45) is 1.57. The van der Waals surface area contributed by atoms with Crippen molar-refractivity contribution in [3.05, 3.63) is 65.5 Å². The highest BCUT2D eigenvalue weighted by Gasteiger charge is 2.18. The van der Waals surface area contributed by atoms with Crippen molar-refractivity contribution in [1.82, 2.24) is 14.9 Å². The van der Waals surface area contributed by atoms with E-state index in [2.05, 4.69) is 27.1 Å². The molecule has 3 aromatic rings. The lowest BCUT2D eigenvalue weighted by Gasteiger charge is -2.10. The molecule has 0 bridgehead atoms. The van der Waals surface area contributed by atoms with E-state index in [9.17, 15) is 8.42 Å². The van der Waals surface area contributed by atoms with Crippen LogP contribution in [0, 0.1) is 6.92 Å². The lowest BCUT2D eigenvalue weighted by Crippen LogP contribution is -2.18. The zero-order chi connectivity index (χ0) is 17.9. The Bertz CT molecular complexity index is 966. The van der Waals surface area contributed by atoms with Crippen LogP contribution in [0.25, 0.3) is 11.5 Å². The molecule has 0 aliphatic carbocycles. The van der Waals surface area contributed by atoms with Gasteiger partial charge in [0.15, 0.2) is 0 Å². The molecule has 3 rings (SSSR count). The molecule has 25 heavy (non-hydrogen) atoms. The van der Waals surface area contributed by atoms with Gasteiger partial charge >= 0.3 is 0 Å². The normalized spacial score (nSPS) is 11.6. The van der Waals surface area contributed by atoms with Gasteiger partial charge in [-0.25, -0.2) is 13.1 Å². The SMILES string of the molecule is CNS(=O)(=O)c1ccc(CCc2ccccc2)c(-c2nnc(C)o2)c1. The molecule has 0 fully saturated rings. The van der Waals surface area contributed by atoms with Gasteiger partial charge in [0.2, 0.25) is 21.8 Å². The third kappa shape index (κ3) is 3.94. The van der Waals surface area contributed by atoms with E-state index in [4.69, 9.17) is 4.42 Å². The van der Waals surface area contributed by atoms with Crippen LogP contribution in [0.15, 0.2) is 57.8 Å². The molecule has 0 amide bonds. The van der Waals surface area contributed by atoms with Crippen molar-refractivity contribution in [1.29, 1.82) is 0 Å². The van der Waals surface area contributed by atoms with E-state index in [-0.39, 0.29) is 4.90 Å². The Labute approximate surface area is 147 Å². The van der Waals surface area contributed by atoms with Crippen LogP contribution in [-0.4, -0.2) is 25.7 Å². The highest BCUT2D eigenvalue weighted by atomic mass is 32.2. The fourth-order valence-electron chi connectivity index (χ4n) is 2.59. The Morgan fingerprint density at radius 2 is 1.80 bits per heavy atom. The van der Waals surface area contributed by atoms with E-state index in [0.717, 1.165) is 18.4 Å². The summed E-state index contributed by atoms with van der Waals surface area (Å²) in [5.74, 6) is 0.764. The molecule has 130 valence electrons. The molecular weight excluding hydrogens is 338 g/mol. The Kier molecular flexibility index (Phi) is 4.96. The standard InChI is InChI=1S/C18H19N3O3S/c1-13-20-21-18(24-13)17-12-16(25(22,23)19-2)11-10-15(17)9-8-14-6-4-3-5-7-14/h3-7,10-12,19H,8-9H2,1-2H3. The minimum atomic E-state index is -3.55. The zero-order valence-electron chi connectivity index (χ0n) is 14.1. The van der Waals surface area contributed by atoms with Gasteiger partial charge in [0.25, 0.3) is 0 Å². The number of rotatable bonds is 6. The summed E-state index contributed by atoms with van der Waals surface area (Å²) in [6.45, 7) is 1.70. The zero-order valence-corrected chi connectivity index (χ0v) is 14.9. The molecule has 0 saturated heterocycles. The van der Waals surface area contributed by atoms with Gasteiger partial charge in [0.05, 0.1) is 4.90 Å². The fourth-order valence-corrected chi connectivity index (χ4v) is 3.34. The first-order chi connectivity index (χ1) is 12.0. The number of hydrogen-bond donors (Lipinski definition) is 1. The van der Waals surface area contributed by atoms with Crippen molar-refractivity contribution < 1.29 is 12.8 Å². The summed E-state index contributed by atoms with van der Waals surface area (Å²) >= 11 is 0. The molecule has 0 saturated carbocycles. The molecule has 0 radical (unpaired) electrons. The summed E-state index contributed by atoms with van der Waals surface area (Å²) in [7, 11) is -2.16. The fraction of sp³-hybridized carbons (Fsp3) is 0.222. The van der Waals surface area contributed by atoms with Crippen molar-refractivity contribution >= 4 is 10.0 Å². The molecule has 7 heteroatoms. The summed E-state index contributed by atoms with van der Waals surface area (Å²) in [5, 5.41) is 7.90. The Balaban J connectivity index is 1.99. The van der Waals surface area contributed by atoms with Gasteiger partial charge in [-0.05, 0) is 43.1 Å². The van der Waals surface area contributed by atoms with Crippen molar-refractivity contribution in [2.75, 3.05) is 7.05 Å². The number of hydrogen-bond acceptors (Lipinski definition) is 5. The van der Waals surface area contributed by atoms with Crippen molar-refractivity contribution in [3.8, 4) is 11.5 Å². The number of benzene rings is 2. The largest absolute Gasteiger partial charge is 0.421 e. The highest BCUT2D eigenvalue weighted by Crippen LogP contribution is 2.27. The van der Waals surface area contributed by atoms with Crippen LogP contribution >= 0.6 is 0 Å². The molecule has 0 spiro atoms. The quantitative estimate of drug-likeness (QED) is 0.733. The average Bonchev–Trinajstić information content (AvgIpc) is 3.07. The van der Waals surface area contributed by atoms with Crippen LogP contribution < -0.4 is 4.72 Å². The molecule has 0 aliphatic heterocycles. The first kappa shape index (κ1) is 17.3. The maximum atomic E-state index is 12.1. The van der Waals surface area contributed by atoms with Crippen LogP contribution in [0.1, 0.15) is 17.0 Å². The molecular formula is C18H19N3O3S. The number of aryl methyl sites for hydroxylation is 3. The summed E-state index contributed by atoms with van der Waals surface area (Å²) in [4.78, 5) is 0.171. The van der Waals surface area contributed by atoms with Crippen LogP contribution in [0.2, 0.25) is 0 Å². The van der Waals surface area contributed by atoms with E-state index in [1.807, 2.05) is 24.3 Å². The maximum absolute atomic E-state index is 12.1. The molecule has 1 N–H and O–H groups in total. The van der Waals surface area contributed by atoms with Gasteiger partial charge in [-0.15, -0.1) is 10.2 Å². The second kappa shape index (κ2) is 7.16. The van der Waals surface area contributed by atoms with Crippen LogP contribution in [0.3, 0.4) is 0 Å². The van der Waals surface area contributed by atoms with Crippen LogP contribution in [0.4, 0.5) is 0 Å². The summed E-state index contributed by atoms with van der Waals surface area (Å²) in [6, 6.07) is 15.1. The Morgan fingerprint density at radius 1 is 1.04 bits per heavy atom. The molecule has 1 heterocycles. The molecule has 0 unspecified atom stereocenters. The van der Waals surface area contributed by atoms with Crippen molar-refractivity contribution in [2.24, 2.45) is 0 Å². The number of aromatic nitrogens is 2. The minimum absolute atomic E-state index is 0.171. The van der Waals surface area contributed by atoms with E-state index in [1.54, 1.807) is 19.1 Å². The van der Waals surface area contributed by atoms with Gasteiger partial charge < -0.3 is 4.42 Å². The lowest BCUT2D eigenvalue weighted by atomic mass is 10.00. The van der Waals surface area contributed by atoms with E-state index in [1.165, 1.54) is 12.6 Å². The van der Waals surface area contributed by atoms with Crippen LogP contribution in [-0.2, 0) is 22.9 Å². The van der Waals surface area contributed by atoms with Gasteiger partial charge in [-0.2, -0.15) is 0 Å². The second-order valence-corrected chi connectivity index (χ2v) is 7.52. The molecule has 0 atom stereocenters. The van der Waals surface area contributed by atoms with Crippen LogP contribution in [0.5, 0.6) is 0 Å².